The van der Waals surface area contributed by atoms with E-state index in [1.807, 2.05) is 0 Å². The summed E-state index contributed by atoms with van der Waals surface area (Å²) >= 11 is 2.21. The molecule has 0 aliphatic carbocycles. The summed E-state index contributed by atoms with van der Waals surface area (Å²) in [6.07, 6.45) is 5.24. The lowest BCUT2D eigenvalue weighted by atomic mass is 10.4. The van der Waals surface area contributed by atoms with Crippen LogP contribution >= 0.6 is 22.6 Å². The molecule has 2 aromatic rings. The van der Waals surface area contributed by atoms with Gasteiger partial charge < -0.3 is 4.98 Å². The van der Waals surface area contributed by atoms with Crippen LogP contribution in [0.2, 0.25) is 0 Å². The first-order valence-electron chi connectivity index (χ1n) is 2.80. The number of aromatic nitrogens is 3. The van der Waals surface area contributed by atoms with Crippen molar-refractivity contribution in [2.24, 2.45) is 0 Å². The Bertz CT molecular complexity index is 355. The van der Waals surface area contributed by atoms with Crippen LogP contribution in [0, 0.1) is 3.57 Å². The fourth-order valence-electron chi connectivity index (χ4n) is 0.831. The van der Waals surface area contributed by atoms with Gasteiger partial charge in [0.15, 0.2) is 0 Å². The van der Waals surface area contributed by atoms with E-state index in [-0.39, 0.29) is 0 Å². The number of pyridine rings is 1. The number of nitrogens with zero attached hydrogens (tertiary/aromatic N) is 2. The van der Waals surface area contributed by atoms with Crippen molar-refractivity contribution < 1.29 is 0 Å². The van der Waals surface area contributed by atoms with Crippen LogP contribution in [0.15, 0.2) is 18.7 Å². The van der Waals surface area contributed by atoms with Gasteiger partial charge in [0, 0.05) is 6.20 Å². The lowest BCUT2D eigenvalue weighted by molar-refractivity contribution is 1.32. The third-order valence-corrected chi connectivity index (χ3v) is 2.08. The standard InChI is InChI=1S/C6H4IN3/c7-4-1-8-2-5-6(4)10-3-9-5/h1-3H,(H,9,10). The van der Waals surface area contributed by atoms with Gasteiger partial charge in [0.1, 0.15) is 5.52 Å². The Morgan fingerprint density at radius 1 is 1.40 bits per heavy atom. The number of hydrogen-bond acceptors (Lipinski definition) is 2. The quantitative estimate of drug-likeness (QED) is 0.715. The Hall–Kier alpha value is -0.650. The summed E-state index contributed by atoms with van der Waals surface area (Å²) in [5.74, 6) is 0. The molecule has 0 aliphatic heterocycles. The van der Waals surface area contributed by atoms with Crippen LogP contribution in [-0.2, 0) is 0 Å². The van der Waals surface area contributed by atoms with Crippen molar-refractivity contribution in [1.82, 2.24) is 15.0 Å². The average molecular weight is 245 g/mol. The molecule has 10 heavy (non-hydrogen) atoms. The first kappa shape index (κ1) is 6.09. The van der Waals surface area contributed by atoms with E-state index in [2.05, 4.69) is 37.5 Å². The zero-order valence-electron chi connectivity index (χ0n) is 5.00. The minimum absolute atomic E-state index is 0.993. The Balaban J connectivity index is 2.95. The molecule has 0 radical (unpaired) electrons. The smallest absolute Gasteiger partial charge is 0.105 e. The number of halogens is 1. The van der Waals surface area contributed by atoms with E-state index in [1.54, 1.807) is 18.7 Å². The maximum atomic E-state index is 4.12. The van der Waals surface area contributed by atoms with Crippen molar-refractivity contribution in [3.8, 4) is 0 Å². The molecule has 0 bridgehead atoms. The minimum atomic E-state index is 0.993. The maximum absolute atomic E-state index is 4.12. The van der Waals surface area contributed by atoms with E-state index in [0.717, 1.165) is 14.6 Å². The van der Waals surface area contributed by atoms with E-state index >= 15 is 0 Å². The van der Waals surface area contributed by atoms with E-state index in [1.165, 1.54) is 0 Å². The molecule has 0 amide bonds. The lowest BCUT2D eigenvalue weighted by Gasteiger charge is -1.87. The second-order valence-corrected chi connectivity index (χ2v) is 3.08. The Labute approximate surface area is 71.0 Å². The van der Waals surface area contributed by atoms with Crippen LogP contribution in [0.4, 0.5) is 0 Å². The van der Waals surface area contributed by atoms with Gasteiger partial charge in [-0.3, -0.25) is 4.98 Å². The van der Waals surface area contributed by atoms with Crippen molar-refractivity contribution in [3.63, 3.8) is 0 Å². The Morgan fingerprint density at radius 2 is 2.30 bits per heavy atom. The third kappa shape index (κ3) is 0.792. The number of rotatable bonds is 0. The normalized spacial score (nSPS) is 10.5. The molecule has 0 saturated heterocycles. The molecule has 2 heterocycles. The Morgan fingerprint density at radius 3 is 3.10 bits per heavy atom. The summed E-state index contributed by atoms with van der Waals surface area (Å²) in [6.45, 7) is 0. The number of H-pyrrole nitrogens is 1. The molecule has 50 valence electrons. The molecule has 2 aromatic heterocycles. The highest BCUT2D eigenvalue weighted by atomic mass is 127. The van der Waals surface area contributed by atoms with Gasteiger partial charge in [-0.2, -0.15) is 0 Å². The van der Waals surface area contributed by atoms with E-state index in [9.17, 15) is 0 Å². The SMILES string of the molecule is Ic1cncc2[nH]cnc12. The van der Waals surface area contributed by atoms with Crippen LogP contribution in [0.1, 0.15) is 0 Å². The minimum Gasteiger partial charge on any atom is -0.343 e. The molecular formula is C6H4IN3. The first-order valence-corrected chi connectivity index (χ1v) is 3.88. The van der Waals surface area contributed by atoms with Crippen LogP contribution in [0.25, 0.3) is 11.0 Å². The molecule has 0 aromatic carbocycles. The van der Waals surface area contributed by atoms with Gasteiger partial charge in [-0.15, -0.1) is 0 Å². The van der Waals surface area contributed by atoms with Crippen molar-refractivity contribution in [2.75, 3.05) is 0 Å². The molecule has 3 nitrogen and oxygen atoms in total. The van der Waals surface area contributed by atoms with Gasteiger partial charge in [0.25, 0.3) is 0 Å². The largest absolute Gasteiger partial charge is 0.343 e. The fourth-order valence-corrected chi connectivity index (χ4v) is 1.42. The third-order valence-electron chi connectivity index (χ3n) is 1.29. The summed E-state index contributed by atoms with van der Waals surface area (Å²) in [7, 11) is 0. The van der Waals surface area contributed by atoms with Crippen molar-refractivity contribution in [1.29, 1.82) is 0 Å². The highest BCUT2D eigenvalue weighted by Crippen LogP contribution is 2.13. The predicted octanol–water partition coefficient (Wildman–Crippen LogP) is 1.56. The van der Waals surface area contributed by atoms with Gasteiger partial charge in [-0.05, 0) is 22.6 Å². The topological polar surface area (TPSA) is 41.6 Å². The van der Waals surface area contributed by atoms with Crippen LogP contribution < -0.4 is 0 Å². The molecule has 0 atom stereocenters. The van der Waals surface area contributed by atoms with E-state index in [4.69, 9.17) is 0 Å². The van der Waals surface area contributed by atoms with Crippen molar-refractivity contribution >= 4 is 33.6 Å². The molecule has 0 saturated carbocycles. The number of fused-ring (bicyclic) bond motifs is 1. The maximum Gasteiger partial charge on any atom is 0.105 e. The van der Waals surface area contributed by atoms with Crippen LogP contribution in [0.5, 0.6) is 0 Å². The second-order valence-electron chi connectivity index (χ2n) is 1.92. The highest BCUT2D eigenvalue weighted by Gasteiger charge is 1.98. The van der Waals surface area contributed by atoms with Gasteiger partial charge >= 0.3 is 0 Å². The van der Waals surface area contributed by atoms with Crippen LogP contribution in [0.3, 0.4) is 0 Å². The summed E-state index contributed by atoms with van der Waals surface area (Å²) in [4.78, 5) is 11.1. The van der Waals surface area contributed by atoms with E-state index < -0.39 is 0 Å². The Kier molecular flexibility index (Phi) is 1.33. The molecule has 0 unspecified atom stereocenters. The van der Waals surface area contributed by atoms with Gasteiger partial charge in [-0.1, -0.05) is 0 Å². The zero-order chi connectivity index (χ0) is 6.97. The van der Waals surface area contributed by atoms with Gasteiger partial charge in [0.2, 0.25) is 0 Å². The predicted molar refractivity (Wildman–Crippen MR) is 46.6 cm³/mol. The number of hydrogen-bond donors (Lipinski definition) is 1. The van der Waals surface area contributed by atoms with Crippen molar-refractivity contribution in [3.05, 3.63) is 22.3 Å². The molecular weight excluding hydrogens is 241 g/mol. The van der Waals surface area contributed by atoms with E-state index in [0.29, 0.717) is 0 Å². The molecule has 0 aliphatic rings. The monoisotopic (exact) mass is 245 g/mol. The highest BCUT2D eigenvalue weighted by molar-refractivity contribution is 14.1. The average Bonchev–Trinajstić information content (AvgIpc) is 2.36. The fraction of sp³-hybridized carbons (Fsp3) is 0. The zero-order valence-corrected chi connectivity index (χ0v) is 7.16. The second kappa shape index (κ2) is 2.19. The molecule has 0 spiro atoms. The summed E-state index contributed by atoms with van der Waals surface area (Å²) in [5.41, 5.74) is 1.99. The summed E-state index contributed by atoms with van der Waals surface area (Å²) < 4.78 is 1.08. The molecule has 0 fully saturated rings. The first-order chi connectivity index (χ1) is 4.88. The number of aromatic amines is 1. The molecule has 1 N–H and O–H groups in total. The van der Waals surface area contributed by atoms with Gasteiger partial charge in [0.05, 0.1) is 21.6 Å². The van der Waals surface area contributed by atoms with Crippen molar-refractivity contribution in [2.45, 2.75) is 0 Å². The van der Waals surface area contributed by atoms with Gasteiger partial charge in [-0.25, -0.2) is 4.98 Å². The number of nitrogens with one attached hydrogen (secondary N) is 1. The number of imidazole rings is 1. The summed E-state index contributed by atoms with van der Waals surface area (Å²) in [6, 6.07) is 0. The lowest BCUT2D eigenvalue weighted by Crippen LogP contribution is -1.77. The summed E-state index contributed by atoms with van der Waals surface area (Å²) in [5, 5.41) is 0. The molecule has 4 heteroatoms. The molecule has 2 rings (SSSR count). The van der Waals surface area contributed by atoms with Crippen LogP contribution in [-0.4, -0.2) is 15.0 Å².